The SMILES string of the molecule is NCCCCC(C(=O)NCCCCCCCCCCC(=O)N1CCNCC1)n1cc(CCO)nn1. The Bertz CT molecular complexity index is 707. The normalized spacial score (nSPS) is 14.7. The van der Waals surface area contributed by atoms with Crippen molar-refractivity contribution < 1.29 is 14.7 Å². The molecule has 1 aliphatic heterocycles. The van der Waals surface area contributed by atoms with E-state index in [1.165, 1.54) is 25.7 Å². The number of nitrogens with two attached hydrogens (primary N) is 1. The topological polar surface area (TPSA) is 138 Å². The van der Waals surface area contributed by atoms with E-state index in [0.717, 1.165) is 64.7 Å². The first kappa shape index (κ1) is 29.2. The van der Waals surface area contributed by atoms with Gasteiger partial charge in [-0.1, -0.05) is 43.7 Å². The summed E-state index contributed by atoms with van der Waals surface area (Å²) in [6, 6.07) is -0.389. The largest absolute Gasteiger partial charge is 0.396 e. The highest BCUT2D eigenvalue weighted by atomic mass is 16.3. The highest BCUT2D eigenvalue weighted by Gasteiger charge is 2.21. The van der Waals surface area contributed by atoms with Crippen LogP contribution in [0.2, 0.25) is 0 Å². The second-order valence-electron chi connectivity index (χ2n) is 9.46. The Labute approximate surface area is 210 Å². The first-order chi connectivity index (χ1) is 17.2. The molecule has 1 aliphatic rings. The molecular weight excluding hydrogens is 446 g/mol. The van der Waals surface area contributed by atoms with Crippen molar-refractivity contribution in [3.63, 3.8) is 0 Å². The standard InChI is InChI=1S/C25H47N7O3/c26-14-9-8-11-23(32-21-22(13-20-33)29-30-32)25(35)28-15-10-6-4-2-1-3-5-7-12-24(34)31-18-16-27-17-19-31/h21,23,27,33H,1-20,26H2,(H,28,35). The van der Waals surface area contributed by atoms with E-state index in [-0.39, 0.29) is 18.6 Å². The summed E-state index contributed by atoms with van der Waals surface area (Å²) in [5, 5.41) is 23.6. The Kier molecular flexibility index (Phi) is 15.2. The van der Waals surface area contributed by atoms with Crippen molar-refractivity contribution in [1.82, 2.24) is 30.5 Å². The minimum atomic E-state index is -0.389. The first-order valence-corrected chi connectivity index (χ1v) is 13.6. The molecule has 1 fully saturated rings. The van der Waals surface area contributed by atoms with Crippen LogP contribution in [0.25, 0.3) is 0 Å². The third-order valence-electron chi connectivity index (χ3n) is 6.57. The number of carbonyl (C=O) groups excluding carboxylic acids is 2. The fraction of sp³-hybridized carbons (Fsp3) is 0.840. The van der Waals surface area contributed by atoms with Crippen LogP contribution in [-0.4, -0.2) is 82.7 Å². The average molecular weight is 494 g/mol. The van der Waals surface area contributed by atoms with Gasteiger partial charge in [0.05, 0.1) is 5.69 Å². The summed E-state index contributed by atoms with van der Waals surface area (Å²) < 4.78 is 1.62. The predicted molar refractivity (Wildman–Crippen MR) is 137 cm³/mol. The molecule has 5 N–H and O–H groups in total. The molecule has 10 nitrogen and oxygen atoms in total. The number of aromatic nitrogens is 3. The number of nitrogens with one attached hydrogen (secondary N) is 2. The van der Waals surface area contributed by atoms with Crippen LogP contribution in [0.4, 0.5) is 0 Å². The van der Waals surface area contributed by atoms with E-state index < -0.39 is 0 Å². The lowest BCUT2D eigenvalue weighted by molar-refractivity contribution is -0.131. The van der Waals surface area contributed by atoms with Crippen molar-refractivity contribution in [2.45, 2.75) is 89.5 Å². The van der Waals surface area contributed by atoms with E-state index in [1.54, 1.807) is 10.9 Å². The summed E-state index contributed by atoms with van der Waals surface area (Å²) in [5.74, 6) is 0.280. The lowest BCUT2D eigenvalue weighted by Gasteiger charge is -2.27. The monoisotopic (exact) mass is 493 g/mol. The Morgan fingerprint density at radius 1 is 1.03 bits per heavy atom. The summed E-state index contributed by atoms with van der Waals surface area (Å²) in [4.78, 5) is 26.9. The van der Waals surface area contributed by atoms with E-state index in [0.29, 0.717) is 44.0 Å². The summed E-state index contributed by atoms with van der Waals surface area (Å²) in [5.41, 5.74) is 6.30. The van der Waals surface area contributed by atoms with Crippen molar-refractivity contribution in [1.29, 1.82) is 0 Å². The van der Waals surface area contributed by atoms with Gasteiger partial charge in [-0.25, -0.2) is 4.68 Å². The molecule has 2 heterocycles. The zero-order valence-corrected chi connectivity index (χ0v) is 21.4. The second kappa shape index (κ2) is 18.3. The number of piperazine rings is 1. The molecule has 200 valence electrons. The fourth-order valence-electron chi connectivity index (χ4n) is 4.42. The molecule has 35 heavy (non-hydrogen) atoms. The molecule has 0 aliphatic carbocycles. The quantitative estimate of drug-likeness (QED) is 0.214. The van der Waals surface area contributed by atoms with Gasteiger partial charge in [-0.2, -0.15) is 0 Å². The maximum atomic E-state index is 12.8. The van der Waals surface area contributed by atoms with Gasteiger partial charge >= 0.3 is 0 Å². The Morgan fingerprint density at radius 3 is 2.40 bits per heavy atom. The van der Waals surface area contributed by atoms with Gasteiger partial charge < -0.3 is 26.4 Å². The Hall–Kier alpha value is -2.04. The fourth-order valence-corrected chi connectivity index (χ4v) is 4.42. The van der Waals surface area contributed by atoms with Gasteiger partial charge in [0, 0.05) is 58.4 Å². The van der Waals surface area contributed by atoms with Crippen LogP contribution in [0.3, 0.4) is 0 Å². The number of carbonyl (C=O) groups is 2. The number of unbranched alkanes of at least 4 members (excludes halogenated alkanes) is 8. The van der Waals surface area contributed by atoms with Gasteiger partial charge in [-0.15, -0.1) is 5.10 Å². The van der Waals surface area contributed by atoms with E-state index in [9.17, 15) is 9.59 Å². The number of amides is 2. The summed E-state index contributed by atoms with van der Waals surface area (Å²) in [6.07, 6.45) is 14.2. The van der Waals surface area contributed by atoms with Gasteiger partial charge in [-0.05, 0) is 38.6 Å². The van der Waals surface area contributed by atoms with Crippen molar-refractivity contribution in [3.05, 3.63) is 11.9 Å². The highest BCUT2D eigenvalue weighted by molar-refractivity contribution is 5.80. The molecule has 1 aromatic heterocycles. The summed E-state index contributed by atoms with van der Waals surface area (Å²) in [7, 11) is 0. The van der Waals surface area contributed by atoms with Crippen LogP contribution < -0.4 is 16.4 Å². The molecule has 1 saturated heterocycles. The zero-order chi connectivity index (χ0) is 25.1. The number of hydrogen-bond donors (Lipinski definition) is 4. The molecule has 0 saturated carbocycles. The molecule has 1 aromatic rings. The smallest absolute Gasteiger partial charge is 0.244 e. The Balaban J connectivity index is 1.51. The van der Waals surface area contributed by atoms with Crippen LogP contribution >= 0.6 is 0 Å². The predicted octanol–water partition coefficient (Wildman–Crippen LogP) is 1.54. The molecule has 2 rings (SSSR count). The van der Waals surface area contributed by atoms with Crippen LogP contribution in [-0.2, 0) is 16.0 Å². The molecule has 0 aromatic carbocycles. The third-order valence-corrected chi connectivity index (χ3v) is 6.57. The molecule has 1 atom stereocenters. The average Bonchev–Trinajstić information content (AvgIpc) is 3.33. The molecule has 10 heteroatoms. The van der Waals surface area contributed by atoms with Crippen molar-refractivity contribution in [3.8, 4) is 0 Å². The minimum Gasteiger partial charge on any atom is -0.396 e. The zero-order valence-electron chi connectivity index (χ0n) is 21.4. The Morgan fingerprint density at radius 2 is 1.71 bits per heavy atom. The molecular formula is C25H47N7O3. The van der Waals surface area contributed by atoms with Crippen LogP contribution in [0.5, 0.6) is 0 Å². The molecule has 0 bridgehead atoms. The number of rotatable bonds is 19. The first-order valence-electron chi connectivity index (χ1n) is 13.6. The van der Waals surface area contributed by atoms with Crippen molar-refractivity contribution >= 4 is 11.8 Å². The van der Waals surface area contributed by atoms with Gasteiger partial charge in [-0.3, -0.25) is 9.59 Å². The van der Waals surface area contributed by atoms with E-state index >= 15 is 0 Å². The van der Waals surface area contributed by atoms with Gasteiger partial charge in [0.15, 0.2) is 0 Å². The number of hydrogen-bond acceptors (Lipinski definition) is 7. The maximum Gasteiger partial charge on any atom is 0.244 e. The highest BCUT2D eigenvalue weighted by Crippen LogP contribution is 2.15. The van der Waals surface area contributed by atoms with E-state index in [2.05, 4.69) is 20.9 Å². The second-order valence-corrected chi connectivity index (χ2v) is 9.46. The minimum absolute atomic E-state index is 0.0131. The van der Waals surface area contributed by atoms with Crippen LogP contribution in [0.15, 0.2) is 6.20 Å². The van der Waals surface area contributed by atoms with E-state index in [4.69, 9.17) is 10.8 Å². The lowest BCUT2D eigenvalue weighted by Crippen LogP contribution is -2.46. The third kappa shape index (κ3) is 12.0. The molecule has 0 radical (unpaired) electrons. The van der Waals surface area contributed by atoms with Gasteiger partial charge in [0.2, 0.25) is 11.8 Å². The van der Waals surface area contributed by atoms with Crippen LogP contribution in [0.1, 0.15) is 88.8 Å². The molecule has 1 unspecified atom stereocenters. The van der Waals surface area contributed by atoms with Crippen molar-refractivity contribution in [2.75, 3.05) is 45.9 Å². The molecule has 0 spiro atoms. The van der Waals surface area contributed by atoms with Crippen LogP contribution in [0, 0.1) is 0 Å². The molecule has 2 amide bonds. The lowest BCUT2D eigenvalue weighted by atomic mass is 10.1. The number of aliphatic hydroxyl groups is 1. The number of nitrogens with zero attached hydrogens (tertiary/aromatic N) is 4. The maximum absolute atomic E-state index is 12.8. The van der Waals surface area contributed by atoms with Gasteiger partial charge in [0.25, 0.3) is 0 Å². The van der Waals surface area contributed by atoms with Crippen molar-refractivity contribution in [2.24, 2.45) is 5.73 Å². The summed E-state index contributed by atoms with van der Waals surface area (Å²) >= 11 is 0. The van der Waals surface area contributed by atoms with Gasteiger partial charge in [0.1, 0.15) is 6.04 Å². The summed E-state index contributed by atoms with van der Waals surface area (Å²) in [6.45, 7) is 4.81. The van der Waals surface area contributed by atoms with E-state index in [1.807, 2.05) is 4.90 Å². The number of aliphatic hydroxyl groups excluding tert-OH is 1.